The number of alkyl halides is 3. The lowest BCUT2D eigenvalue weighted by Crippen LogP contribution is -2.18. The molecule has 12 heteroatoms. The Bertz CT molecular complexity index is 1340. The molecule has 0 aromatic heterocycles. The predicted molar refractivity (Wildman–Crippen MR) is 129 cm³/mol. The molecule has 0 N–H and O–H groups in total. The Morgan fingerprint density at radius 2 is 1.26 bits per heavy atom. The van der Waals surface area contributed by atoms with Crippen molar-refractivity contribution in [3.8, 4) is 5.75 Å². The molecule has 1 unspecified atom stereocenters. The first-order valence-electron chi connectivity index (χ1n) is 8.35. The fourth-order valence-corrected chi connectivity index (χ4v) is 7.10. The second-order valence-corrected chi connectivity index (χ2v) is 19.5. The van der Waals surface area contributed by atoms with E-state index in [4.69, 9.17) is 4.18 Å². The molecule has 0 radical (unpaired) electrons. The maximum Gasteiger partial charge on any atom is 0.240 e. The smallest absolute Gasteiger partial charge is 0.240 e. The Hall–Kier alpha value is -1.05. The highest BCUT2D eigenvalue weighted by atomic mass is 80.0. The quantitative estimate of drug-likeness (QED) is 0.335. The van der Waals surface area contributed by atoms with Crippen LogP contribution in [0.15, 0.2) is 98.4 Å². The molecule has 1 atom stereocenters. The monoisotopic (exact) mass is 670 g/mol. The SMILES string of the molecule is O=S(Oc1cccc(S(=O)(=O)c2cccc(S(=O)(=O)C(Br)(Br)Br)c2)c1)c1ccccc1. The van der Waals surface area contributed by atoms with Gasteiger partial charge in [0.2, 0.25) is 32.2 Å². The Morgan fingerprint density at radius 1 is 0.710 bits per heavy atom. The first-order chi connectivity index (χ1) is 14.4. The molecule has 0 saturated heterocycles. The van der Waals surface area contributed by atoms with Gasteiger partial charge in [0, 0.05) is 6.07 Å². The van der Waals surface area contributed by atoms with Crippen molar-refractivity contribution in [2.45, 2.75) is 21.1 Å². The van der Waals surface area contributed by atoms with Crippen molar-refractivity contribution in [2.75, 3.05) is 0 Å². The lowest BCUT2D eigenvalue weighted by Gasteiger charge is -2.14. The zero-order chi connectivity index (χ0) is 22.9. The summed E-state index contributed by atoms with van der Waals surface area (Å²) in [5.74, 6) is 0.0902. The van der Waals surface area contributed by atoms with Crippen LogP contribution in [0, 0.1) is 0 Å². The summed E-state index contributed by atoms with van der Waals surface area (Å²) >= 11 is 7.05. The standard InChI is InChI=1S/C19H13Br3O6S3/c20-19(21,22)31(26,27)18-11-5-10-17(13-18)30(24,25)16-9-4-6-14(12-16)28-29(23)15-7-2-1-3-8-15/h1-13H. The average molecular weight is 673 g/mol. The van der Waals surface area contributed by atoms with Gasteiger partial charge in [-0.05, 0) is 90.3 Å². The Labute approximate surface area is 207 Å². The predicted octanol–water partition coefficient (Wildman–Crippen LogP) is 5.19. The van der Waals surface area contributed by atoms with Gasteiger partial charge in [0.15, 0.2) is 0 Å². The molecule has 6 nitrogen and oxygen atoms in total. The molecule has 3 rings (SSSR count). The van der Waals surface area contributed by atoms with Crippen LogP contribution in [-0.4, -0.2) is 22.5 Å². The lowest BCUT2D eigenvalue weighted by atomic mass is 10.3. The third-order valence-corrected chi connectivity index (χ3v) is 12.0. The molecule has 3 aromatic rings. The highest BCUT2D eigenvalue weighted by molar-refractivity contribution is 9.42. The highest BCUT2D eigenvalue weighted by Crippen LogP contribution is 2.43. The minimum absolute atomic E-state index is 0.0902. The van der Waals surface area contributed by atoms with Crippen molar-refractivity contribution >= 4 is 78.5 Å². The fraction of sp³-hybridized carbons (Fsp3) is 0.0526. The summed E-state index contributed by atoms with van der Waals surface area (Å²) in [6.45, 7) is 0. The van der Waals surface area contributed by atoms with E-state index in [1.807, 2.05) is 0 Å². The molecule has 0 aliphatic rings. The van der Waals surface area contributed by atoms with E-state index in [9.17, 15) is 21.0 Å². The lowest BCUT2D eigenvalue weighted by molar-refractivity contribution is 0.559. The number of hydrogen-bond acceptors (Lipinski definition) is 6. The van der Waals surface area contributed by atoms with Crippen LogP contribution in [0.5, 0.6) is 5.75 Å². The zero-order valence-corrected chi connectivity index (χ0v) is 22.5. The topological polar surface area (TPSA) is 94.6 Å². The maximum absolute atomic E-state index is 13.1. The fourth-order valence-electron chi connectivity index (χ4n) is 2.44. The summed E-state index contributed by atoms with van der Waals surface area (Å²) in [7, 11) is -8.05. The summed E-state index contributed by atoms with van der Waals surface area (Å²) in [6, 6.07) is 18.9. The van der Waals surface area contributed by atoms with Gasteiger partial charge in [-0.3, -0.25) is 0 Å². The highest BCUT2D eigenvalue weighted by Gasteiger charge is 2.38. The Morgan fingerprint density at radius 3 is 1.87 bits per heavy atom. The van der Waals surface area contributed by atoms with Crippen molar-refractivity contribution < 1.29 is 25.2 Å². The second kappa shape index (κ2) is 9.44. The number of benzene rings is 3. The zero-order valence-electron chi connectivity index (χ0n) is 15.3. The minimum atomic E-state index is -4.08. The van der Waals surface area contributed by atoms with E-state index in [2.05, 4.69) is 47.8 Å². The van der Waals surface area contributed by atoms with Crippen LogP contribution in [0.1, 0.15) is 0 Å². The van der Waals surface area contributed by atoms with E-state index in [0.29, 0.717) is 4.90 Å². The van der Waals surface area contributed by atoms with Gasteiger partial charge >= 0.3 is 0 Å². The van der Waals surface area contributed by atoms with Gasteiger partial charge in [-0.2, -0.15) is 0 Å². The summed E-state index contributed by atoms with van der Waals surface area (Å²) in [5, 5.41) is 0. The molecule has 0 saturated carbocycles. The number of rotatable bonds is 6. The number of sulfone groups is 2. The third kappa shape index (κ3) is 5.48. The van der Waals surface area contributed by atoms with Crippen LogP contribution in [0.4, 0.5) is 0 Å². The van der Waals surface area contributed by atoms with Crippen LogP contribution in [0.25, 0.3) is 0 Å². The van der Waals surface area contributed by atoms with E-state index in [1.54, 1.807) is 30.3 Å². The summed E-state index contributed by atoms with van der Waals surface area (Å²) in [5.41, 5.74) is 0. The van der Waals surface area contributed by atoms with Gasteiger partial charge in [-0.1, -0.05) is 30.3 Å². The second-order valence-electron chi connectivity index (χ2n) is 6.03. The van der Waals surface area contributed by atoms with E-state index in [0.717, 1.165) is 6.07 Å². The van der Waals surface area contributed by atoms with E-state index < -0.39 is 32.2 Å². The molecular weight excluding hydrogens is 660 g/mol. The summed E-state index contributed by atoms with van der Waals surface area (Å²) in [4.78, 5) is -0.132. The maximum atomic E-state index is 13.1. The van der Waals surface area contributed by atoms with Gasteiger partial charge in [0.05, 0.1) is 19.6 Å². The van der Waals surface area contributed by atoms with Crippen LogP contribution < -0.4 is 4.18 Å². The van der Waals surface area contributed by atoms with E-state index >= 15 is 0 Å². The molecule has 0 amide bonds. The third-order valence-electron chi connectivity index (χ3n) is 3.95. The molecule has 0 heterocycles. The number of halogens is 3. The molecule has 0 aliphatic carbocycles. The molecule has 0 fully saturated rings. The Balaban J connectivity index is 1.96. The number of hydrogen-bond donors (Lipinski definition) is 0. The van der Waals surface area contributed by atoms with Crippen LogP contribution >= 0.6 is 47.8 Å². The van der Waals surface area contributed by atoms with Gasteiger partial charge in [0.25, 0.3) is 0 Å². The largest absolute Gasteiger partial charge is 0.397 e. The van der Waals surface area contributed by atoms with Crippen LogP contribution in [0.2, 0.25) is 0 Å². The normalized spacial score (nSPS) is 13.5. The minimum Gasteiger partial charge on any atom is -0.397 e. The van der Waals surface area contributed by atoms with E-state index in [1.165, 1.54) is 42.5 Å². The first-order valence-corrected chi connectivity index (χ1v) is 14.8. The Kier molecular flexibility index (Phi) is 7.49. The van der Waals surface area contributed by atoms with Gasteiger partial charge in [0.1, 0.15) is 5.75 Å². The van der Waals surface area contributed by atoms with Crippen molar-refractivity contribution in [1.29, 1.82) is 0 Å². The van der Waals surface area contributed by atoms with Crippen LogP contribution in [0.3, 0.4) is 0 Å². The van der Waals surface area contributed by atoms with Gasteiger partial charge < -0.3 is 4.18 Å². The molecule has 31 heavy (non-hydrogen) atoms. The van der Waals surface area contributed by atoms with Gasteiger partial charge in [-0.25, -0.2) is 21.0 Å². The van der Waals surface area contributed by atoms with E-state index in [-0.39, 0.29) is 20.4 Å². The van der Waals surface area contributed by atoms with Crippen molar-refractivity contribution in [2.24, 2.45) is 0 Å². The first kappa shape index (κ1) is 24.6. The average Bonchev–Trinajstić information content (AvgIpc) is 2.74. The van der Waals surface area contributed by atoms with Crippen molar-refractivity contribution in [3.05, 3.63) is 78.9 Å². The molecule has 3 aromatic carbocycles. The summed E-state index contributed by atoms with van der Waals surface area (Å²) < 4.78 is 67.5. The van der Waals surface area contributed by atoms with Crippen molar-refractivity contribution in [3.63, 3.8) is 0 Å². The molecule has 0 spiro atoms. The molecule has 0 aliphatic heterocycles. The van der Waals surface area contributed by atoms with Crippen LogP contribution in [-0.2, 0) is 30.8 Å². The van der Waals surface area contributed by atoms with Crippen molar-refractivity contribution in [1.82, 2.24) is 0 Å². The van der Waals surface area contributed by atoms with Gasteiger partial charge in [-0.15, -0.1) is 0 Å². The molecule has 0 bridgehead atoms. The molecular formula is C19H13Br3O6S3. The summed E-state index contributed by atoms with van der Waals surface area (Å²) in [6.07, 6.45) is 0. The molecule has 164 valence electrons.